The Morgan fingerprint density at radius 3 is 2.74 bits per heavy atom. The second-order valence-corrected chi connectivity index (χ2v) is 6.44. The lowest BCUT2D eigenvalue weighted by atomic mass is 10.2. The Morgan fingerprint density at radius 1 is 1.33 bits per heavy atom. The number of carbonyl (C=O) groups excluding carboxylic acids is 1. The number of ether oxygens (including phenoxy) is 1. The van der Waals surface area contributed by atoms with Crippen molar-refractivity contribution in [2.24, 2.45) is 5.10 Å². The minimum atomic E-state index is -0.713. The van der Waals surface area contributed by atoms with E-state index < -0.39 is 5.63 Å². The Kier molecular flexibility index (Phi) is 7.01. The smallest absolute Gasteiger partial charge is 0.348 e. The van der Waals surface area contributed by atoms with Crippen LogP contribution in [0, 0.1) is 13.8 Å². The van der Waals surface area contributed by atoms with Gasteiger partial charge in [0.25, 0.3) is 0 Å². The van der Waals surface area contributed by atoms with Gasteiger partial charge in [0.1, 0.15) is 22.8 Å². The van der Waals surface area contributed by atoms with E-state index in [1.807, 2.05) is 6.92 Å². The number of hydrogen-bond acceptors (Lipinski definition) is 6. The maximum atomic E-state index is 11.9. The summed E-state index contributed by atoms with van der Waals surface area (Å²) in [6.07, 6.45) is 0.679. The lowest BCUT2D eigenvalue weighted by Crippen LogP contribution is -2.22. The molecule has 0 unspecified atom stereocenters. The minimum absolute atomic E-state index is 0.0811. The average molecular weight is 393 g/mol. The molecular formula is C19H21ClN2O5. The fraction of sp³-hybridized carbons (Fsp3) is 0.316. The van der Waals surface area contributed by atoms with Crippen molar-refractivity contribution in [3.8, 4) is 11.5 Å². The first-order chi connectivity index (χ1) is 12.8. The number of amides is 1. The topological polar surface area (TPSA) is 101 Å². The van der Waals surface area contributed by atoms with E-state index in [1.54, 1.807) is 25.1 Å². The summed E-state index contributed by atoms with van der Waals surface area (Å²) in [5, 5.41) is 14.3. The number of hydrogen-bond donors (Lipinski definition) is 2. The van der Waals surface area contributed by atoms with Crippen molar-refractivity contribution >= 4 is 23.2 Å². The monoisotopic (exact) mass is 392 g/mol. The van der Waals surface area contributed by atoms with Gasteiger partial charge >= 0.3 is 5.63 Å². The number of nitrogens with zero attached hydrogens (tertiary/aromatic N) is 1. The van der Waals surface area contributed by atoms with Crippen LogP contribution >= 0.6 is 11.6 Å². The highest BCUT2D eigenvalue weighted by molar-refractivity contribution is 6.30. The molecular weight excluding hydrogens is 372 g/mol. The quantitative estimate of drug-likeness (QED) is 0.427. The Labute approximate surface area is 161 Å². The maximum absolute atomic E-state index is 11.9. The molecule has 2 aromatic rings. The highest BCUT2D eigenvalue weighted by Gasteiger charge is 2.13. The molecule has 0 bridgehead atoms. The lowest BCUT2D eigenvalue weighted by molar-refractivity contribution is -0.121. The molecule has 0 aliphatic rings. The molecule has 0 saturated carbocycles. The summed E-state index contributed by atoms with van der Waals surface area (Å²) in [5.74, 6) is 0.428. The van der Waals surface area contributed by atoms with Crippen molar-refractivity contribution < 1.29 is 19.1 Å². The number of carbonyl (C=O) groups is 1. The number of rotatable bonds is 7. The number of halogens is 1. The molecule has 0 radical (unpaired) electrons. The third-order valence-electron chi connectivity index (χ3n) is 3.71. The van der Waals surface area contributed by atoms with Crippen LogP contribution < -0.4 is 15.8 Å². The maximum Gasteiger partial charge on any atom is 0.348 e. The Balaban J connectivity index is 1.84. The van der Waals surface area contributed by atoms with Gasteiger partial charge in [-0.2, -0.15) is 5.10 Å². The van der Waals surface area contributed by atoms with Gasteiger partial charge in [0.15, 0.2) is 0 Å². The van der Waals surface area contributed by atoms with Crippen molar-refractivity contribution in [1.29, 1.82) is 0 Å². The van der Waals surface area contributed by atoms with Crippen LogP contribution in [0.25, 0.3) is 0 Å². The third-order valence-corrected chi connectivity index (χ3v) is 3.94. The van der Waals surface area contributed by atoms with Gasteiger partial charge in [0, 0.05) is 17.5 Å². The predicted octanol–water partition coefficient (Wildman–Crippen LogP) is 3.32. The summed E-state index contributed by atoms with van der Waals surface area (Å²) in [7, 11) is 0. The molecule has 2 N–H and O–H groups in total. The molecule has 1 amide bonds. The van der Waals surface area contributed by atoms with Crippen LogP contribution in [0.5, 0.6) is 11.5 Å². The Morgan fingerprint density at radius 2 is 2.07 bits per heavy atom. The van der Waals surface area contributed by atoms with Gasteiger partial charge in [-0.15, -0.1) is 0 Å². The van der Waals surface area contributed by atoms with Crippen LogP contribution in [0.2, 0.25) is 5.02 Å². The molecule has 7 nitrogen and oxygen atoms in total. The first kappa shape index (κ1) is 20.5. The van der Waals surface area contributed by atoms with E-state index >= 15 is 0 Å². The van der Waals surface area contributed by atoms with Gasteiger partial charge < -0.3 is 14.3 Å². The highest BCUT2D eigenvalue weighted by Crippen LogP contribution is 2.22. The molecule has 144 valence electrons. The molecule has 1 aromatic carbocycles. The first-order valence-corrected chi connectivity index (χ1v) is 8.72. The van der Waals surface area contributed by atoms with Gasteiger partial charge in [-0.1, -0.05) is 11.6 Å². The summed E-state index contributed by atoms with van der Waals surface area (Å²) < 4.78 is 10.5. The second-order valence-electron chi connectivity index (χ2n) is 6.00. The van der Waals surface area contributed by atoms with Gasteiger partial charge in [-0.3, -0.25) is 4.79 Å². The number of hydrazone groups is 1. The van der Waals surface area contributed by atoms with E-state index in [-0.39, 0.29) is 35.1 Å². The van der Waals surface area contributed by atoms with E-state index in [9.17, 15) is 14.7 Å². The van der Waals surface area contributed by atoms with Crippen molar-refractivity contribution in [3.05, 3.63) is 56.6 Å². The Bertz CT molecular complexity index is 921. The average Bonchev–Trinajstić information content (AvgIpc) is 2.57. The van der Waals surface area contributed by atoms with E-state index in [2.05, 4.69) is 10.5 Å². The summed E-state index contributed by atoms with van der Waals surface area (Å²) in [4.78, 5) is 23.7. The number of aryl methyl sites for hydroxylation is 2. The van der Waals surface area contributed by atoms with Gasteiger partial charge in [0.05, 0.1) is 12.3 Å². The zero-order valence-electron chi connectivity index (χ0n) is 15.3. The fourth-order valence-corrected chi connectivity index (χ4v) is 2.60. The van der Waals surface area contributed by atoms with Crippen LogP contribution in [-0.4, -0.2) is 23.3 Å². The Hall–Kier alpha value is -2.80. The van der Waals surface area contributed by atoms with Gasteiger partial charge in [-0.05, 0) is 51.0 Å². The van der Waals surface area contributed by atoms with Crippen LogP contribution in [0.3, 0.4) is 0 Å². The zero-order valence-corrected chi connectivity index (χ0v) is 16.1. The molecule has 2 rings (SSSR count). The number of nitrogens with one attached hydrogen (secondary N) is 1. The molecule has 0 spiro atoms. The van der Waals surface area contributed by atoms with Crippen molar-refractivity contribution in [3.63, 3.8) is 0 Å². The number of benzene rings is 1. The van der Waals surface area contributed by atoms with E-state index in [0.717, 1.165) is 11.3 Å². The highest BCUT2D eigenvalue weighted by atomic mass is 35.5. The first-order valence-electron chi connectivity index (χ1n) is 8.34. The predicted molar refractivity (Wildman–Crippen MR) is 103 cm³/mol. The largest absolute Gasteiger partial charge is 0.507 e. The molecule has 0 aliphatic heterocycles. The SMILES string of the molecule is C/C(=N/NC(=O)CCCOc1ccc(Cl)cc1C)c1c(O)cc(C)oc1=O. The van der Waals surface area contributed by atoms with Crippen molar-refractivity contribution in [2.75, 3.05) is 6.61 Å². The molecule has 8 heteroatoms. The minimum Gasteiger partial charge on any atom is -0.507 e. The summed E-state index contributed by atoms with van der Waals surface area (Å²) in [6, 6.07) is 6.64. The molecule has 1 heterocycles. The summed E-state index contributed by atoms with van der Waals surface area (Å²) >= 11 is 5.89. The normalized spacial score (nSPS) is 11.3. The van der Waals surface area contributed by atoms with Crippen LogP contribution in [0.4, 0.5) is 0 Å². The molecule has 0 aliphatic carbocycles. The molecule has 0 saturated heterocycles. The van der Waals surface area contributed by atoms with Gasteiger partial charge in [0.2, 0.25) is 5.91 Å². The fourth-order valence-electron chi connectivity index (χ4n) is 2.38. The zero-order chi connectivity index (χ0) is 20.0. The molecule has 0 fully saturated rings. The van der Waals surface area contributed by atoms with Crippen molar-refractivity contribution in [2.45, 2.75) is 33.6 Å². The third kappa shape index (κ3) is 5.86. The van der Waals surface area contributed by atoms with Crippen LogP contribution in [0.15, 0.2) is 38.6 Å². The summed E-state index contributed by atoms with van der Waals surface area (Å²) in [5.41, 5.74) is 2.63. The van der Waals surface area contributed by atoms with Crippen LogP contribution in [0.1, 0.15) is 36.7 Å². The van der Waals surface area contributed by atoms with E-state index in [1.165, 1.54) is 13.0 Å². The molecule has 0 atom stereocenters. The molecule has 27 heavy (non-hydrogen) atoms. The standard InChI is InChI=1S/C19H21ClN2O5/c1-11-9-14(20)6-7-16(11)26-8-4-5-17(24)22-21-13(3)18-15(23)10-12(2)27-19(18)25/h6-7,9-10,23H,4-5,8H2,1-3H3,(H,22,24)/b21-13-. The lowest BCUT2D eigenvalue weighted by Gasteiger charge is -2.09. The molecule has 1 aromatic heterocycles. The van der Waals surface area contributed by atoms with E-state index in [4.69, 9.17) is 20.8 Å². The van der Waals surface area contributed by atoms with Gasteiger partial charge in [-0.25, -0.2) is 10.2 Å². The van der Waals surface area contributed by atoms with Crippen LogP contribution in [-0.2, 0) is 4.79 Å². The van der Waals surface area contributed by atoms with Crippen molar-refractivity contribution in [1.82, 2.24) is 5.43 Å². The second kappa shape index (κ2) is 9.23. The van der Waals surface area contributed by atoms with E-state index in [0.29, 0.717) is 18.1 Å². The summed E-state index contributed by atoms with van der Waals surface area (Å²) in [6.45, 7) is 5.30. The number of aromatic hydroxyl groups is 1.